The van der Waals surface area contributed by atoms with Crippen molar-refractivity contribution in [1.82, 2.24) is 14.7 Å². The molecule has 5 rings (SSSR count). The van der Waals surface area contributed by atoms with Crippen molar-refractivity contribution in [3.8, 4) is 0 Å². The smallest absolute Gasteiger partial charge is 0.0256 e. The van der Waals surface area contributed by atoms with Gasteiger partial charge in [-0.3, -0.25) is 9.80 Å². The van der Waals surface area contributed by atoms with E-state index in [2.05, 4.69) is 21.6 Å². The Labute approximate surface area is 111 Å². The van der Waals surface area contributed by atoms with Crippen LogP contribution in [0.1, 0.15) is 32.6 Å². The third-order valence-corrected chi connectivity index (χ3v) is 6.03. The number of fused-ring (bicyclic) bond motifs is 4. The fourth-order valence-corrected chi connectivity index (χ4v) is 4.98. The Morgan fingerprint density at radius 3 is 2.44 bits per heavy atom. The van der Waals surface area contributed by atoms with Gasteiger partial charge in [0.1, 0.15) is 0 Å². The summed E-state index contributed by atoms with van der Waals surface area (Å²) in [5.41, 5.74) is 0. The zero-order chi connectivity index (χ0) is 12.1. The van der Waals surface area contributed by atoms with Crippen LogP contribution in [-0.4, -0.2) is 72.1 Å². The maximum atomic E-state index is 2.89. The van der Waals surface area contributed by atoms with Crippen LogP contribution in [0.4, 0.5) is 0 Å². The molecule has 3 unspecified atom stereocenters. The summed E-state index contributed by atoms with van der Waals surface area (Å²) in [5.74, 6) is 1.01. The zero-order valence-electron chi connectivity index (χ0n) is 11.7. The van der Waals surface area contributed by atoms with Crippen LogP contribution in [-0.2, 0) is 0 Å². The number of nitrogens with zero attached hydrogens (tertiary/aromatic N) is 3. The van der Waals surface area contributed by atoms with Gasteiger partial charge in [0.2, 0.25) is 0 Å². The molecule has 0 radical (unpaired) electrons. The molecule has 0 N–H and O–H groups in total. The molecule has 0 aromatic rings. The lowest BCUT2D eigenvalue weighted by Gasteiger charge is -2.54. The van der Waals surface area contributed by atoms with Crippen molar-refractivity contribution < 1.29 is 0 Å². The molecule has 3 nitrogen and oxygen atoms in total. The number of piperazine rings is 1. The standard InChI is InChI=1S/C15H27N3/c1-12-9-17-6-2-3-14(17)10-18(12)15-11-16-7-4-13(15)5-8-16/h12-15H,2-11H2,1H3. The van der Waals surface area contributed by atoms with Crippen LogP contribution in [0.2, 0.25) is 0 Å². The average molecular weight is 249 g/mol. The Kier molecular flexibility index (Phi) is 2.90. The summed E-state index contributed by atoms with van der Waals surface area (Å²) in [6, 6.07) is 2.55. The van der Waals surface area contributed by atoms with Crippen LogP contribution in [0.3, 0.4) is 0 Å². The van der Waals surface area contributed by atoms with E-state index in [4.69, 9.17) is 0 Å². The van der Waals surface area contributed by atoms with Gasteiger partial charge in [-0.25, -0.2) is 0 Å². The van der Waals surface area contributed by atoms with Gasteiger partial charge in [0.05, 0.1) is 0 Å². The largest absolute Gasteiger partial charge is 0.302 e. The summed E-state index contributed by atoms with van der Waals surface area (Å²) in [7, 11) is 0. The van der Waals surface area contributed by atoms with E-state index in [0.717, 1.165) is 24.0 Å². The van der Waals surface area contributed by atoms with Gasteiger partial charge in [-0.2, -0.15) is 0 Å². The van der Waals surface area contributed by atoms with Crippen LogP contribution in [0.25, 0.3) is 0 Å². The molecular weight excluding hydrogens is 222 g/mol. The second-order valence-electron chi connectivity index (χ2n) is 7.04. The molecule has 5 aliphatic rings. The summed E-state index contributed by atoms with van der Waals surface area (Å²) >= 11 is 0. The van der Waals surface area contributed by atoms with Crippen molar-refractivity contribution in [3.05, 3.63) is 0 Å². The fraction of sp³-hybridized carbons (Fsp3) is 1.00. The highest BCUT2D eigenvalue weighted by molar-refractivity contribution is 4.99. The van der Waals surface area contributed by atoms with Crippen molar-refractivity contribution in [3.63, 3.8) is 0 Å². The molecule has 5 aliphatic heterocycles. The molecule has 3 heteroatoms. The second-order valence-corrected chi connectivity index (χ2v) is 7.04. The molecular formula is C15H27N3. The average Bonchev–Trinajstić information content (AvgIpc) is 2.86. The van der Waals surface area contributed by atoms with E-state index in [0.29, 0.717) is 0 Å². The lowest BCUT2D eigenvalue weighted by molar-refractivity contribution is -0.0480. The molecule has 102 valence electrons. The van der Waals surface area contributed by atoms with Crippen molar-refractivity contribution in [2.45, 2.75) is 50.7 Å². The van der Waals surface area contributed by atoms with Gasteiger partial charge in [-0.15, -0.1) is 0 Å². The number of hydrogen-bond acceptors (Lipinski definition) is 3. The second kappa shape index (κ2) is 4.46. The van der Waals surface area contributed by atoms with E-state index < -0.39 is 0 Å². The monoisotopic (exact) mass is 249 g/mol. The molecule has 5 saturated heterocycles. The van der Waals surface area contributed by atoms with Crippen LogP contribution >= 0.6 is 0 Å². The third kappa shape index (κ3) is 1.83. The highest BCUT2D eigenvalue weighted by Gasteiger charge is 2.43. The third-order valence-electron chi connectivity index (χ3n) is 6.03. The SMILES string of the molecule is CC1CN2CCCC2CN1C1CN2CCC1CC2. The van der Waals surface area contributed by atoms with Gasteiger partial charge in [0, 0.05) is 37.8 Å². The summed E-state index contributed by atoms with van der Waals surface area (Å²) in [6.45, 7) is 10.6. The minimum Gasteiger partial charge on any atom is -0.302 e. The Morgan fingerprint density at radius 1 is 0.889 bits per heavy atom. The predicted octanol–water partition coefficient (Wildman–Crippen LogP) is 1.25. The highest BCUT2D eigenvalue weighted by atomic mass is 15.3. The molecule has 5 heterocycles. The van der Waals surface area contributed by atoms with Crippen LogP contribution < -0.4 is 0 Å². The Bertz CT molecular complexity index is 311. The minimum atomic E-state index is 0.782. The summed E-state index contributed by atoms with van der Waals surface area (Å²) < 4.78 is 0. The summed E-state index contributed by atoms with van der Waals surface area (Å²) in [4.78, 5) is 8.35. The van der Waals surface area contributed by atoms with E-state index in [1.165, 1.54) is 65.0 Å². The predicted molar refractivity (Wildman–Crippen MR) is 73.7 cm³/mol. The van der Waals surface area contributed by atoms with Gasteiger partial charge in [0.15, 0.2) is 0 Å². The Balaban J connectivity index is 1.50. The molecule has 2 bridgehead atoms. The van der Waals surface area contributed by atoms with E-state index in [9.17, 15) is 0 Å². The first-order valence-electron chi connectivity index (χ1n) is 8.03. The van der Waals surface area contributed by atoms with Crippen LogP contribution in [0.15, 0.2) is 0 Å². The van der Waals surface area contributed by atoms with Gasteiger partial charge >= 0.3 is 0 Å². The quantitative estimate of drug-likeness (QED) is 0.692. The topological polar surface area (TPSA) is 9.72 Å². The van der Waals surface area contributed by atoms with Crippen molar-refractivity contribution in [2.24, 2.45) is 5.92 Å². The van der Waals surface area contributed by atoms with E-state index in [-0.39, 0.29) is 0 Å². The lowest BCUT2D eigenvalue weighted by atomic mass is 9.82. The first-order chi connectivity index (χ1) is 8.81. The molecule has 5 fully saturated rings. The number of piperidine rings is 3. The Hall–Kier alpha value is -0.120. The molecule has 0 saturated carbocycles. The molecule has 0 aromatic carbocycles. The van der Waals surface area contributed by atoms with Gasteiger partial charge in [0.25, 0.3) is 0 Å². The zero-order valence-corrected chi connectivity index (χ0v) is 11.7. The Morgan fingerprint density at radius 2 is 1.72 bits per heavy atom. The fourth-order valence-electron chi connectivity index (χ4n) is 4.98. The molecule has 18 heavy (non-hydrogen) atoms. The van der Waals surface area contributed by atoms with Crippen molar-refractivity contribution >= 4 is 0 Å². The van der Waals surface area contributed by atoms with Gasteiger partial charge < -0.3 is 4.90 Å². The van der Waals surface area contributed by atoms with E-state index in [1.807, 2.05) is 0 Å². The van der Waals surface area contributed by atoms with Crippen molar-refractivity contribution in [2.75, 3.05) is 39.3 Å². The van der Waals surface area contributed by atoms with Gasteiger partial charge in [-0.1, -0.05) is 0 Å². The van der Waals surface area contributed by atoms with E-state index >= 15 is 0 Å². The maximum Gasteiger partial charge on any atom is 0.0256 e. The molecule has 0 aromatic heterocycles. The van der Waals surface area contributed by atoms with Crippen LogP contribution in [0, 0.1) is 5.92 Å². The van der Waals surface area contributed by atoms with E-state index in [1.54, 1.807) is 0 Å². The van der Waals surface area contributed by atoms with Gasteiger partial charge in [-0.05, 0) is 58.2 Å². The highest BCUT2D eigenvalue weighted by Crippen LogP contribution is 2.35. The molecule has 0 amide bonds. The maximum absolute atomic E-state index is 2.89. The first kappa shape index (κ1) is 11.7. The normalized spacial score (nSPS) is 49.5. The summed E-state index contributed by atoms with van der Waals surface area (Å²) in [5, 5.41) is 0. The first-order valence-corrected chi connectivity index (χ1v) is 8.03. The molecule has 0 spiro atoms. The lowest BCUT2D eigenvalue weighted by Crippen LogP contribution is -2.65. The summed E-state index contributed by atoms with van der Waals surface area (Å²) in [6.07, 6.45) is 5.81. The number of rotatable bonds is 1. The van der Waals surface area contributed by atoms with Crippen molar-refractivity contribution in [1.29, 1.82) is 0 Å². The number of hydrogen-bond donors (Lipinski definition) is 0. The molecule has 3 atom stereocenters. The van der Waals surface area contributed by atoms with Crippen LogP contribution in [0.5, 0.6) is 0 Å². The minimum absolute atomic E-state index is 0.782. The molecule has 0 aliphatic carbocycles.